The highest BCUT2D eigenvalue weighted by atomic mass is 35.5. The Kier molecular flexibility index (Phi) is 9.19. The number of carbonyl (C=O) groups excluding carboxylic acids is 1. The Hall–Kier alpha value is -2.85. The van der Waals surface area contributed by atoms with Gasteiger partial charge in [0.15, 0.2) is 0 Å². The fourth-order valence-electron chi connectivity index (χ4n) is 4.24. The predicted octanol–water partition coefficient (Wildman–Crippen LogP) is 4.28. The van der Waals surface area contributed by atoms with Crippen molar-refractivity contribution in [2.24, 2.45) is 11.7 Å². The molecule has 3 aromatic carbocycles. The van der Waals surface area contributed by atoms with E-state index in [-0.39, 0.29) is 29.9 Å². The van der Waals surface area contributed by atoms with Crippen LogP contribution in [0.3, 0.4) is 0 Å². The number of benzene rings is 3. The van der Waals surface area contributed by atoms with Crippen molar-refractivity contribution in [3.8, 4) is 5.75 Å². The second-order valence-electron chi connectivity index (χ2n) is 9.03. The van der Waals surface area contributed by atoms with Gasteiger partial charge in [0, 0.05) is 19.6 Å². The summed E-state index contributed by atoms with van der Waals surface area (Å²) in [6.45, 7) is 3.80. The number of likely N-dealkylation sites (tertiary alicyclic amines) is 1. The molecular weight excluding hydrogens is 500 g/mol. The van der Waals surface area contributed by atoms with Crippen molar-refractivity contribution < 1.29 is 17.9 Å². The molecule has 0 aromatic heterocycles. The molecule has 8 nitrogen and oxygen atoms in total. The number of nitrogens with zero attached hydrogens (tertiary/aromatic N) is 2. The van der Waals surface area contributed by atoms with Crippen LogP contribution in [0, 0.1) is 5.92 Å². The van der Waals surface area contributed by atoms with E-state index in [1.54, 1.807) is 30.2 Å². The summed E-state index contributed by atoms with van der Waals surface area (Å²) in [6.07, 6.45) is 1.78. The summed E-state index contributed by atoms with van der Waals surface area (Å²) in [5, 5.41) is 2.81. The van der Waals surface area contributed by atoms with Crippen LogP contribution in [-0.2, 0) is 23.1 Å². The van der Waals surface area contributed by atoms with Crippen LogP contribution in [-0.4, -0.2) is 44.6 Å². The highest BCUT2D eigenvalue weighted by Crippen LogP contribution is 2.24. The molecular formula is C26H33ClN4O4S. The maximum absolute atomic E-state index is 13.4. The standard InChI is InChI=1S/C26H32N4O4S.ClH/c1-19-10-12-29(13-11-19)26(31)30(18-21-5-3-4-20(14-21)17-27)28-35(32,33)25-9-7-22-15-24(34-2)8-6-23(22)16-25;/h3-9,14-16,19,28H,10-13,17-18,27H2,1-2H3;1H. The molecule has 2 amide bonds. The molecule has 10 heteroatoms. The SMILES string of the molecule is COc1ccc2cc(S(=O)(=O)NN(Cc3cccc(CN)c3)C(=O)N3CCC(C)CC3)ccc2c1.Cl. The number of ether oxygens (including phenoxy) is 1. The van der Waals surface area contributed by atoms with Crippen molar-refractivity contribution >= 4 is 39.2 Å². The normalized spacial score (nSPS) is 14.4. The fraction of sp³-hybridized carbons (Fsp3) is 0.346. The molecule has 36 heavy (non-hydrogen) atoms. The molecule has 0 radical (unpaired) electrons. The number of amides is 2. The molecule has 1 saturated heterocycles. The van der Waals surface area contributed by atoms with Crippen molar-refractivity contribution in [2.45, 2.75) is 37.8 Å². The average molecular weight is 533 g/mol. The van der Waals surface area contributed by atoms with Gasteiger partial charge in [-0.15, -0.1) is 17.2 Å². The zero-order valence-corrected chi connectivity index (χ0v) is 22.1. The molecule has 1 aliphatic heterocycles. The average Bonchev–Trinajstić information content (AvgIpc) is 2.87. The summed E-state index contributed by atoms with van der Waals surface area (Å²) in [6, 6.07) is 17.4. The number of methoxy groups -OCH3 is 1. The molecule has 0 unspecified atom stereocenters. The third kappa shape index (κ3) is 6.47. The molecule has 4 rings (SSSR count). The first-order valence-corrected chi connectivity index (χ1v) is 13.2. The summed E-state index contributed by atoms with van der Waals surface area (Å²) in [5.74, 6) is 1.24. The monoisotopic (exact) mass is 532 g/mol. The van der Waals surface area contributed by atoms with E-state index in [2.05, 4.69) is 11.8 Å². The number of piperidine rings is 1. The van der Waals surface area contributed by atoms with Gasteiger partial charge in [-0.3, -0.25) is 0 Å². The first-order valence-electron chi connectivity index (χ1n) is 11.7. The van der Waals surface area contributed by atoms with E-state index in [1.165, 1.54) is 11.1 Å². The minimum absolute atomic E-state index is 0. The number of hydrogen-bond donors (Lipinski definition) is 2. The Labute approximate surface area is 218 Å². The molecule has 194 valence electrons. The van der Waals surface area contributed by atoms with Crippen LogP contribution >= 0.6 is 12.4 Å². The van der Waals surface area contributed by atoms with Gasteiger partial charge in [0.1, 0.15) is 5.75 Å². The lowest BCUT2D eigenvalue weighted by Gasteiger charge is -2.34. The smallest absolute Gasteiger partial charge is 0.335 e. The number of urea groups is 1. The summed E-state index contributed by atoms with van der Waals surface area (Å²) in [7, 11) is -2.44. The molecule has 0 saturated carbocycles. The minimum Gasteiger partial charge on any atom is -0.497 e. The summed E-state index contributed by atoms with van der Waals surface area (Å²) < 4.78 is 32.0. The molecule has 3 aromatic rings. The largest absolute Gasteiger partial charge is 0.497 e. The first-order chi connectivity index (χ1) is 16.8. The van der Waals surface area contributed by atoms with E-state index in [0.717, 1.165) is 34.7 Å². The number of nitrogens with two attached hydrogens (primary N) is 1. The lowest BCUT2D eigenvalue weighted by molar-refractivity contribution is 0.124. The molecule has 0 bridgehead atoms. The van der Waals surface area contributed by atoms with Gasteiger partial charge in [0.05, 0.1) is 18.6 Å². The van der Waals surface area contributed by atoms with E-state index in [4.69, 9.17) is 10.5 Å². The predicted molar refractivity (Wildman–Crippen MR) is 143 cm³/mol. The van der Waals surface area contributed by atoms with Crippen LogP contribution in [0.15, 0.2) is 65.6 Å². The lowest BCUT2D eigenvalue weighted by Crippen LogP contribution is -2.53. The van der Waals surface area contributed by atoms with E-state index in [0.29, 0.717) is 31.3 Å². The number of halogens is 1. The number of rotatable bonds is 7. The summed E-state index contributed by atoms with van der Waals surface area (Å²) in [5.41, 5.74) is 7.48. The highest BCUT2D eigenvalue weighted by molar-refractivity contribution is 7.89. The van der Waals surface area contributed by atoms with E-state index in [1.807, 2.05) is 36.4 Å². The molecule has 1 heterocycles. The maximum Gasteiger partial charge on any atom is 0.335 e. The summed E-state index contributed by atoms with van der Waals surface area (Å²) >= 11 is 0. The Morgan fingerprint density at radius 2 is 1.72 bits per heavy atom. The first kappa shape index (κ1) is 27.7. The van der Waals surface area contributed by atoms with E-state index in [9.17, 15) is 13.2 Å². The third-order valence-corrected chi connectivity index (χ3v) is 7.75. The third-order valence-electron chi connectivity index (χ3n) is 6.41. The van der Waals surface area contributed by atoms with Gasteiger partial charge >= 0.3 is 6.03 Å². The van der Waals surface area contributed by atoms with Gasteiger partial charge in [0.2, 0.25) is 0 Å². The highest BCUT2D eigenvalue weighted by Gasteiger charge is 2.29. The van der Waals surface area contributed by atoms with Crippen molar-refractivity contribution in [2.75, 3.05) is 20.2 Å². The number of nitrogens with one attached hydrogen (secondary N) is 1. The number of carbonyl (C=O) groups is 1. The topological polar surface area (TPSA) is 105 Å². The lowest BCUT2D eigenvalue weighted by atomic mass is 10.00. The molecule has 1 fully saturated rings. The van der Waals surface area contributed by atoms with Crippen LogP contribution in [0.5, 0.6) is 5.75 Å². The number of hydrazine groups is 1. The van der Waals surface area contributed by atoms with Crippen LogP contribution in [0.25, 0.3) is 10.8 Å². The van der Waals surface area contributed by atoms with Crippen molar-refractivity contribution in [3.05, 3.63) is 71.8 Å². The van der Waals surface area contributed by atoms with Gasteiger partial charge in [-0.1, -0.05) is 43.3 Å². The van der Waals surface area contributed by atoms with Crippen LogP contribution in [0.4, 0.5) is 4.79 Å². The van der Waals surface area contributed by atoms with Crippen LogP contribution in [0.1, 0.15) is 30.9 Å². The van der Waals surface area contributed by atoms with Gasteiger partial charge in [-0.05, 0) is 64.9 Å². The van der Waals surface area contributed by atoms with Crippen molar-refractivity contribution in [3.63, 3.8) is 0 Å². The molecule has 0 spiro atoms. The maximum atomic E-state index is 13.4. The molecule has 1 aliphatic rings. The van der Waals surface area contributed by atoms with Crippen LogP contribution in [0.2, 0.25) is 0 Å². The van der Waals surface area contributed by atoms with E-state index < -0.39 is 10.0 Å². The Morgan fingerprint density at radius 3 is 2.42 bits per heavy atom. The number of hydrogen-bond acceptors (Lipinski definition) is 5. The fourth-order valence-corrected chi connectivity index (χ4v) is 5.31. The van der Waals surface area contributed by atoms with Gasteiger partial charge < -0.3 is 15.4 Å². The van der Waals surface area contributed by atoms with Crippen molar-refractivity contribution in [1.29, 1.82) is 0 Å². The van der Waals surface area contributed by atoms with E-state index >= 15 is 0 Å². The molecule has 0 atom stereocenters. The van der Waals surface area contributed by atoms with Gasteiger partial charge in [0.25, 0.3) is 10.0 Å². The zero-order chi connectivity index (χ0) is 25.0. The Morgan fingerprint density at radius 1 is 1.06 bits per heavy atom. The Bertz CT molecular complexity index is 1310. The van der Waals surface area contributed by atoms with Crippen molar-refractivity contribution in [1.82, 2.24) is 14.7 Å². The summed E-state index contributed by atoms with van der Waals surface area (Å²) in [4.78, 5) is 17.8. The second kappa shape index (κ2) is 11.9. The quantitative estimate of drug-likeness (QED) is 0.442. The van der Waals surface area contributed by atoms with Gasteiger partial charge in [-0.2, -0.15) is 0 Å². The Balaban J connectivity index is 0.00000361. The zero-order valence-electron chi connectivity index (χ0n) is 20.5. The minimum atomic E-state index is -4.02. The molecule has 0 aliphatic carbocycles. The second-order valence-corrected chi connectivity index (χ2v) is 10.7. The van der Waals surface area contributed by atoms with Gasteiger partial charge in [-0.25, -0.2) is 18.2 Å². The number of sulfonamides is 1. The van der Waals surface area contributed by atoms with Crippen LogP contribution < -0.4 is 15.3 Å². The number of fused-ring (bicyclic) bond motifs is 1. The molecule has 3 N–H and O–H groups in total.